The number of benzene rings is 2. The van der Waals surface area contributed by atoms with E-state index in [1.54, 1.807) is 36.4 Å². The van der Waals surface area contributed by atoms with Crippen LogP contribution in [0.2, 0.25) is 0 Å². The zero-order chi connectivity index (χ0) is 21.5. The number of aromatic nitrogens is 2. The van der Waals surface area contributed by atoms with Gasteiger partial charge in [0.05, 0.1) is 17.5 Å². The lowest BCUT2D eigenvalue weighted by molar-refractivity contribution is -0.113. The van der Waals surface area contributed by atoms with E-state index in [0.29, 0.717) is 20.8 Å². The zero-order valence-corrected chi connectivity index (χ0v) is 17.8. The van der Waals surface area contributed by atoms with Gasteiger partial charge in [-0.25, -0.2) is 4.39 Å². The Labute approximate surface area is 181 Å². The number of hydrogen-bond donors (Lipinski definition) is 2. The van der Waals surface area contributed by atoms with Crippen LogP contribution in [0.3, 0.4) is 0 Å². The lowest BCUT2D eigenvalue weighted by Gasteiger charge is -2.09. The minimum Gasteiger partial charge on any atom is -0.491 e. The third-order valence-electron chi connectivity index (χ3n) is 3.59. The molecule has 0 saturated carbocycles. The molecule has 156 valence electrons. The Kier molecular flexibility index (Phi) is 7.36. The molecular formula is C20H19FN4O3S2. The van der Waals surface area contributed by atoms with Crippen LogP contribution >= 0.6 is 23.1 Å². The van der Waals surface area contributed by atoms with Crippen molar-refractivity contribution in [3.05, 3.63) is 59.9 Å². The van der Waals surface area contributed by atoms with Gasteiger partial charge in [0.25, 0.3) is 5.91 Å². The molecule has 0 atom stereocenters. The van der Waals surface area contributed by atoms with Crippen LogP contribution in [0.15, 0.2) is 52.9 Å². The molecule has 0 saturated heterocycles. The number of anilines is 2. The summed E-state index contributed by atoms with van der Waals surface area (Å²) in [6, 6.07) is 12.7. The summed E-state index contributed by atoms with van der Waals surface area (Å²) in [5, 5.41) is 13.4. The summed E-state index contributed by atoms with van der Waals surface area (Å²) in [5.74, 6) is -0.468. The first-order chi connectivity index (χ1) is 14.4. The summed E-state index contributed by atoms with van der Waals surface area (Å²) in [5.41, 5.74) is 0.581. The van der Waals surface area contributed by atoms with Crippen LogP contribution in [-0.4, -0.2) is 33.9 Å². The van der Waals surface area contributed by atoms with Crippen molar-refractivity contribution in [3.63, 3.8) is 0 Å². The second kappa shape index (κ2) is 10.2. The molecule has 0 aliphatic heterocycles. The van der Waals surface area contributed by atoms with Crippen molar-refractivity contribution in [1.29, 1.82) is 0 Å². The van der Waals surface area contributed by atoms with E-state index in [9.17, 15) is 14.0 Å². The lowest BCUT2D eigenvalue weighted by atomic mass is 10.2. The molecule has 0 radical (unpaired) electrons. The van der Waals surface area contributed by atoms with Crippen molar-refractivity contribution in [3.8, 4) is 5.75 Å². The molecule has 2 aromatic carbocycles. The van der Waals surface area contributed by atoms with Crippen molar-refractivity contribution in [2.45, 2.75) is 24.3 Å². The first-order valence-electron chi connectivity index (χ1n) is 8.99. The third kappa shape index (κ3) is 6.26. The van der Waals surface area contributed by atoms with Gasteiger partial charge in [-0.3, -0.25) is 14.9 Å². The summed E-state index contributed by atoms with van der Waals surface area (Å²) >= 11 is 2.30. The van der Waals surface area contributed by atoms with Gasteiger partial charge in [0, 0.05) is 5.56 Å². The van der Waals surface area contributed by atoms with Crippen LogP contribution in [0.5, 0.6) is 5.75 Å². The highest BCUT2D eigenvalue weighted by molar-refractivity contribution is 8.01. The second-order valence-corrected chi connectivity index (χ2v) is 8.53. The Balaban J connectivity index is 1.50. The van der Waals surface area contributed by atoms with Crippen LogP contribution in [0.4, 0.5) is 15.2 Å². The van der Waals surface area contributed by atoms with E-state index in [2.05, 4.69) is 20.8 Å². The highest BCUT2D eigenvalue weighted by Crippen LogP contribution is 2.26. The van der Waals surface area contributed by atoms with Crippen molar-refractivity contribution < 1.29 is 18.7 Å². The maximum Gasteiger partial charge on any atom is 0.257 e. The van der Waals surface area contributed by atoms with Crippen LogP contribution in [0, 0.1) is 5.82 Å². The molecule has 30 heavy (non-hydrogen) atoms. The van der Waals surface area contributed by atoms with Crippen molar-refractivity contribution in [2.24, 2.45) is 0 Å². The highest BCUT2D eigenvalue weighted by atomic mass is 32.2. The maximum absolute atomic E-state index is 13.6. The Bertz CT molecular complexity index is 1020. The first kappa shape index (κ1) is 21.7. The monoisotopic (exact) mass is 446 g/mol. The fourth-order valence-electron chi connectivity index (χ4n) is 2.32. The Morgan fingerprint density at radius 1 is 1.10 bits per heavy atom. The van der Waals surface area contributed by atoms with Gasteiger partial charge >= 0.3 is 0 Å². The molecule has 0 aliphatic carbocycles. The van der Waals surface area contributed by atoms with Crippen molar-refractivity contribution in [2.75, 3.05) is 16.4 Å². The fraction of sp³-hybridized carbons (Fsp3) is 0.200. The van der Waals surface area contributed by atoms with E-state index in [4.69, 9.17) is 4.74 Å². The van der Waals surface area contributed by atoms with Gasteiger partial charge in [0.2, 0.25) is 11.0 Å². The topological polar surface area (TPSA) is 93.2 Å². The summed E-state index contributed by atoms with van der Waals surface area (Å²) in [6.07, 6.45) is 0.0517. The largest absolute Gasteiger partial charge is 0.491 e. The molecule has 1 aromatic heterocycles. The number of nitrogens with one attached hydrogen (secondary N) is 2. The molecule has 2 N–H and O–H groups in total. The van der Waals surface area contributed by atoms with E-state index < -0.39 is 5.82 Å². The van der Waals surface area contributed by atoms with E-state index in [1.807, 2.05) is 13.8 Å². The molecule has 3 rings (SSSR count). The number of para-hydroxylation sites is 1. The smallest absolute Gasteiger partial charge is 0.257 e. The number of amides is 2. The Morgan fingerprint density at radius 2 is 1.83 bits per heavy atom. The van der Waals surface area contributed by atoms with E-state index >= 15 is 0 Å². The standard InChI is InChI=1S/C20H19FN4O3S2/c1-12(2)28-14-9-7-13(8-10-14)18(27)23-19-24-25-20(30-19)29-11-17(26)22-16-6-4-3-5-15(16)21/h3-10,12H,11H2,1-2H3,(H,22,26)(H,23,24,27). The number of halogens is 1. The lowest BCUT2D eigenvalue weighted by Crippen LogP contribution is -2.14. The minimum absolute atomic E-state index is 0.0359. The number of hydrogen-bond acceptors (Lipinski definition) is 7. The summed E-state index contributed by atoms with van der Waals surface area (Å²) in [4.78, 5) is 24.3. The van der Waals surface area contributed by atoms with Gasteiger partial charge in [-0.2, -0.15) is 0 Å². The number of ether oxygens (including phenoxy) is 1. The maximum atomic E-state index is 13.6. The van der Waals surface area contributed by atoms with Gasteiger partial charge in [-0.05, 0) is 50.2 Å². The minimum atomic E-state index is -0.499. The van der Waals surface area contributed by atoms with Gasteiger partial charge in [-0.1, -0.05) is 35.2 Å². The van der Waals surface area contributed by atoms with E-state index in [0.717, 1.165) is 23.1 Å². The molecule has 0 spiro atoms. The quantitative estimate of drug-likeness (QED) is 0.392. The predicted octanol–water partition coefficient (Wildman–Crippen LogP) is 4.45. The normalized spacial score (nSPS) is 10.7. The van der Waals surface area contributed by atoms with Crippen LogP contribution in [-0.2, 0) is 4.79 Å². The average Bonchev–Trinajstić information content (AvgIpc) is 3.15. The molecule has 0 fully saturated rings. The summed E-state index contributed by atoms with van der Waals surface area (Å²) < 4.78 is 19.6. The third-order valence-corrected chi connectivity index (χ3v) is 5.56. The average molecular weight is 447 g/mol. The SMILES string of the molecule is CC(C)Oc1ccc(C(=O)Nc2nnc(SCC(=O)Nc3ccccc3F)s2)cc1. The van der Waals surface area contributed by atoms with E-state index in [-0.39, 0.29) is 29.4 Å². The van der Waals surface area contributed by atoms with Crippen LogP contribution < -0.4 is 15.4 Å². The molecule has 10 heteroatoms. The predicted molar refractivity (Wildman–Crippen MR) is 116 cm³/mol. The second-order valence-electron chi connectivity index (χ2n) is 6.33. The van der Waals surface area contributed by atoms with Gasteiger partial charge in [-0.15, -0.1) is 10.2 Å². The molecule has 0 bridgehead atoms. The molecular weight excluding hydrogens is 427 g/mol. The molecule has 2 amide bonds. The summed E-state index contributed by atoms with van der Waals surface area (Å²) in [6.45, 7) is 3.85. The molecule has 1 heterocycles. The Hall–Kier alpha value is -2.98. The van der Waals surface area contributed by atoms with Crippen LogP contribution in [0.1, 0.15) is 24.2 Å². The number of rotatable bonds is 8. The number of thioether (sulfide) groups is 1. The first-order valence-corrected chi connectivity index (χ1v) is 10.8. The number of nitrogens with zero attached hydrogens (tertiary/aromatic N) is 2. The van der Waals surface area contributed by atoms with Gasteiger partial charge < -0.3 is 10.1 Å². The zero-order valence-electron chi connectivity index (χ0n) is 16.2. The van der Waals surface area contributed by atoms with Gasteiger partial charge in [0.15, 0.2) is 4.34 Å². The molecule has 0 unspecified atom stereocenters. The molecule has 3 aromatic rings. The Morgan fingerprint density at radius 3 is 2.53 bits per heavy atom. The number of carbonyl (C=O) groups excluding carboxylic acids is 2. The van der Waals surface area contributed by atoms with Crippen molar-refractivity contribution >= 4 is 45.7 Å². The number of carbonyl (C=O) groups is 2. The fourth-order valence-corrected chi connectivity index (χ4v) is 3.87. The van der Waals surface area contributed by atoms with Gasteiger partial charge in [0.1, 0.15) is 11.6 Å². The molecule has 0 aliphatic rings. The van der Waals surface area contributed by atoms with Crippen molar-refractivity contribution in [1.82, 2.24) is 10.2 Å². The molecule has 7 nitrogen and oxygen atoms in total. The highest BCUT2D eigenvalue weighted by Gasteiger charge is 2.13. The summed E-state index contributed by atoms with van der Waals surface area (Å²) in [7, 11) is 0. The van der Waals surface area contributed by atoms with E-state index in [1.165, 1.54) is 12.1 Å². The van der Waals surface area contributed by atoms with Crippen LogP contribution in [0.25, 0.3) is 0 Å².